The molecule has 0 radical (unpaired) electrons. The van der Waals surface area contributed by atoms with Crippen molar-refractivity contribution in [1.29, 1.82) is 0 Å². The maximum Gasteiger partial charge on any atom is 0.162 e. The minimum Gasteiger partial charge on any atom is -0.494 e. The molecule has 2 aliphatic heterocycles. The third-order valence-electron chi connectivity index (χ3n) is 5.82. The van der Waals surface area contributed by atoms with Gasteiger partial charge in [-0.3, -0.25) is 0 Å². The second-order valence-corrected chi connectivity index (χ2v) is 8.31. The van der Waals surface area contributed by atoms with E-state index in [2.05, 4.69) is 21.0 Å². The van der Waals surface area contributed by atoms with Crippen molar-refractivity contribution in [1.82, 2.24) is 14.8 Å². The first-order valence-electron chi connectivity index (χ1n) is 11.0. The van der Waals surface area contributed by atoms with Crippen molar-refractivity contribution in [3.05, 3.63) is 77.4 Å². The highest BCUT2D eigenvalue weighted by Gasteiger charge is 2.22. The average Bonchev–Trinajstić information content (AvgIpc) is 3.29. The van der Waals surface area contributed by atoms with Gasteiger partial charge in [-0.25, -0.2) is 0 Å². The number of fused-ring (bicyclic) bond motifs is 3. The van der Waals surface area contributed by atoms with Crippen molar-refractivity contribution in [2.45, 2.75) is 13.5 Å². The van der Waals surface area contributed by atoms with Gasteiger partial charge < -0.3 is 18.8 Å². The third-order valence-corrected chi connectivity index (χ3v) is 6.07. The van der Waals surface area contributed by atoms with Gasteiger partial charge in [0, 0.05) is 40.3 Å². The fourth-order valence-electron chi connectivity index (χ4n) is 4.17. The van der Waals surface area contributed by atoms with E-state index in [1.165, 1.54) is 0 Å². The van der Waals surface area contributed by atoms with Crippen LogP contribution in [0.1, 0.15) is 12.5 Å². The second-order valence-electron chi connectivity index (χ2n) is 7.88. The van der Waals surface area contributed by atoms with Crippen molar-refractivity contribution in [2.75, 3.05) is 20.8 Å². The van der Waals surface area contributed by atoms with Gasteiger partial charge in [0.15, 0.2) is 11.5 Å². The zero-order valence-electron chi connectivity index (χ0n) is 19.2. The molecule has 2 aliphatic rings. The number of benzene rings is 3. The topological polar surface area (TPSA) is 58.4 Å². The lowest BCUT2D eigenvalue weighted by molar-refractivity contribution is 0.340. The van der Waals surface area contributed by atoms with Crippen molar-refractivity contribution >= 4 is 22.5 Å². The molecule has 34 heavy (non-hydrogen) atoms. The first-order valence-corrected chi connectivity index (χ1v) is 11.4. The van der Waals surface area contributed by atoms with E-state index in [9.17, 15) is 0 Å². The van der Waals surface area contributed by atoms with Gasteiger partial charge in [0.25, 0.3) is 0 Å². The second kappa shape index (κ2) is 9.23. The van der Waals surface area contributed by atoms with E-state index in [0.29, 0.717) is 29.7 Å². The molecule has 0 saturated heterocycles. The molecule has 0 amide bonds. The van der Waals surface area contributed by atoms with Crippen LogP contribution in [0, 0.1) is 0 Å². The number of methoxy groups -OCH3 is 2. The predicted octanol–water partition coefficient (Wildman–Crippen LogP) is 6.32. The van der Waals surface area contributed by atoms with Crippen LogP contribution >= 0.6 is 11.6 Å². The SMILES string of the molecule is CCOc1ccc(-c2nnc3c4cc(OC)c(OC)cc4n(Cc4ccc(Cl)cc4)cc2-3)cc1. The summed E-state index contributed by atoms with van der Waals surface area (Å²) >= 11 is 6.10. The average molecular weight is 474 g/mol. The van der Waals surface area contributed by atoms with Crippen molar-refractivity contribution in [3.8, 4) is 39.8 Å². The summed E-state index contributed by atoms with van der Waals surface area (Å²) in [7, 11) is 3.27. The Bertz CT molecular complexity index is 1410. The Morgan fingerprint density at radius 3 is 2.21 bits per heavy atom. The molecule has 0 atom stereocenters. The number of halogens is 1. The Kier molecular flexibility index (Phi) is 5.99. The largest absolute Gasteiger partial charge is 0.494 e. The van der Waals surface area contributed by atoms with E-state index in [1.807, 2.05) is 67.6 Å². The summed E-state index contributed by atoms with van der Waals surface area (Å²) in [5.74, 6) is 2.13. The quantitative estimate of drug-likeness (QED) is 0.277. The summed E-state index contributed by atoms with van der Waals surface area (Å²) < 4.78 is 18.9. The van der Waals surface area contributed by atoms with Crippen molar-refractivity contribution in [2.24, 2.45) is 0 Å². The third kappa shape index (κ3) is 4.01. The fraction of sp³-hybridized carbons (Fsp3) is 0.185. The van der Waals surface area contributed by atoms with Crippen LogP contribution in [0.4, 0.5) is 0 Å². The Morgan fingerprint density at radius 2 is 1.53 bits per heavy atom. The van der Waals surface area contributed by atoms with Crippen LogP contribution in [0.2, 0.25) is 5.02 Å². The molecule has 3 aromatic carbocycles. The molecular formula is C27H24ClN3O3. The monoisotopic (exact) mass is 473 g/mol. The molecule has 0 N–H and O–H groups in total. The molecule has 6 nitrogen and oxygen atoms in total. The number of ether oxygens (including phenoxy) is 3. The van der Waals surface area contributed by atoms with E-state index < -0.39 is 0 Å². The number of nitrogens with zero attached hydrogens (tertiary/aromatic N) is 3. The van der Waals surface area contributed by atoms with Crippen LogP contribution < -0.4 is 14.2 Å². The van der Waals surface area contributed by atoms with Crippen LogP contribution in [-0.2, 0) is 6.54 Å². The Balaban J connectivity index is 1.71. The number of hydrogen-bond donors (Lipinski definition) is 0. The zero-order chi connectivity index (χ0) is 23.7. The maximum absolute atomic E-state index is 6.10. The molecule has 5 rings (SSSR count). The van der Waals surface area contributed by atoms with E-state index in [1.54, 1.807) is 14.2 Å². The van der Waals surface area contributed by atoms with Gasteiger partial charge in [0.05, 0.1) is 26.3 Å². The van der Waals surface area contributed by atoms with Crippen LogP contribution in [0.15, 0.2) is 66.9 Å². The first-order chi connectivity index (χ1) is 16.6. The molecule has 0 fully saturated rings. The lowest BCUT2D eigenvalue weighted by atomic mass is 10.0. The molecule has 0 bridgehead atoms. The zero-order valence-corrected chi connectivity index (χ0v) is 20.0. The van der Waals surface area contributed by atoms with Gasteiger partial charge in [-0.05, 0) is 55.0 Å². The van der Waals surface area contributed by atoms with Crippen LogP contribution in [-0.4, -0.2) is 35.6 Å². The Morgan fingerprint density at radius 1 is 0.853 bits per heavy atom. The fourth-order valence-corrected chi connectivity index (χ4v) is 4.29. The van der Waals surface area contributed by atoms with Gasteiger partial charge in [-0.15, -0.1) is 10.2 Å². The minimum absolute atomic E-state index is 0.625. The molecular weight excluding hydrogens is 450 g/mol. The summed E-state index contributed by atoms with van der Waals surface area (Å²) in [4.78, 5) is 0. The van der Waals surface area contributed by atoms with Crippen LogP contribution in [0.5, 0.6) is 17.2 Å². The molecule has 7 heteroatoms. The first kappa shape index (κ1) is 22.0. The van der Waals surface area contributed by atoms with Crippen molar-refractivity contribution in [3.63, 3.8) is 0 Å². The Hall–Kier alpha value is -3.77. The summed E-state index contributed by atoms with van der Waals surface area (Å²) in [5.41, 5.74) is 5.66. The van der Waals surface area contributed by atoms with Gasteiger partial charge >= 0.3 is 0 Å². The molecule has 0 aromatic heterocycles. The molecule has 2 heterocycles. The standard InChI is InChI=1S/C27H24ClN3O3/c1-4-34-20-11-7-18(8-12-20)26-22-16-31(15-17-5-9-19(28)10-6-17)23-14-25(33-3)24(32-2)13-21(23)27(22)30-29-26/h5-14,16H,4,15H2,1-3H3. The van der Waals surface area contributed by atoms with Gasteiger partial charge in [-0.2, -0.15) is 0 Å². The van der Waals surface area contributed by atoms with Crippen molar-refractivity contribution < 1.29 is 14.2 Å². The highest BCUT2D eigenvalue weighted by atomic mass is 35.5. The highest BCUT2D eigenvalue weighted by molar-refractivity contribution is 6.30. The smallest absolute Gasteiger partial charge is 0.162 e. The number of aromatic nitrogens is 3. The number of pyridine rings is 1. The molecule has 3 aromatic rings. The molecule has 0 spiro atoms. The predicted molar refractivity (Wildman–Crippen MR) is 134 cm³/mol. The van der Waals surface area contributed by atoms with E-state index in [0.717, 1.165) is 44.7 Å². The van der Waals surface area contributed by atoms with Crippen LogP contribution in [0.25, 0.3) is 33.4 Å². The lowest BCUT2D eigenvalue weighted by Crippen LogP contribution is -2.05. The summed E-state index contributed by atoms with van der Waals surface area (Å²) in [6, 6.07) is 19.7. The minimum atomic E-state index is 0.625. The van der Waals surface area contributed by atoms with E-state index in [-0.39, 0.29) is 0 Å². The molecule has 0 saturated carbocycles. The molecule has 0 unspecified atom stereocenters. The summed E-state index contributed by atoms with van der Waals surface area (Å²) in [6.07, 6.45) is 2.10. The van der Waals surface area contributed by atoms with E-state index in [4.69, 9.17) is 25.8 Å². The maximum atomic E-state index is 6.10. The normalized spacial score (nSPS) is 11.2. The van der Waals surface area contributed by atoms with E-state index >= 15 is 0 Å². The number of hydrogen-bond acceptors (Lipinski definition) is 5. The lowest BCUT2D eigenvalue weighted by Gasteiger charge is -2.18. The summed E-state index contributed by atoms with van der Waals surface area (Å²) in [5, 5.41) is 10.8. The van der Waals surface area contributed by atoms with Gasteiger partial charge in [0.2, 0.25) is 0 Å². The van der Waals surface area contributed by atoms with Crippen LogP contribution in [0.3, 0.4) is 0 Å². The van der Waals surface area contributed by atoms with Gasteiger partial charge in [-0.1, -0.05) is 23.7 Å². The highest BCUT2D eigenvalue weighted by Crippen LogP contribution is 2.41. The molecule has 172 valence electrons. The number of rotatable bonds is 7. The Labute approximate surface area is 203 Å². The summed E-state index contributed by atoms with van der Waals surface area (Å²) in [6.45, 7) is 3.24. The van der Waals surface area contributed by atoms with Gasteiger partial charge in [0.1, 0.15) is 17.1 Å². The molecule has 0 aliphatic carbocycles.